The zero-order valence-electron chi connectivity index (χ0n) is 11.9. The Bertz CT molecular complexity index is 570. The Labute approximate surface area is 118 Å². The molecule has 1 heterocycles. The van der Waals surface area contributed by atoms with Crippen LogP contribution in [0.3, 0.4) is 0 Å². The smallest absolute Gasteiger partial charge is 0.315 e. The molecule has 0 aliphatic carbocycles. The van der Waals surface area contributed by atoms with E-state index in [2.05, 4.69) is 31.4 Å². The zero-order chi connectivity index (χ0) is 15.0. The van der Waals surface area contributed by atoms with E-state index in [1.807, 2.05) is 12.1 Å². The molecule has 0 spiro atoms. The molecule has 0 aromatic heterocycles. The molecule has 0 bridgehead atoms. The predicted octanol–water partition coefficient (Wildman–Crippen LogP) is 1.65. The van der Waals surface area contributed by atoms with Gasteiger partial charge in [0.15, 0.2) is 5.66 Å². The van der Waals surface area contributed by atoms with Crippen LogP contribution in [0, 0.1) is 0 Å². The van der Waals surface area contributed by atoms with E-state index in [0.29, 0.717) is 5.56 Å². The Hall–Kier alpha value is -2.14. The Kier molecular flexibility index (Phi) is 3.39. The standard InChI is InChI=1S/C15H19N3O2/c1-14(2,3)11-6-4-10(5-7-11)12(19)15(16)8-9-17-13(20)18-15/h4-9H,16H2,1-3H3,(H2,17,18,20). The van der Waals surface area contributed by atoms with Gasteiger partial charge in [-0.15, -0.1) is 0 Å². The molecule has 0 radical (unpaired) electrons. The molecule has 5 nitrogen and oxygen atoms in total. The molecular weight excluding hydrogens is 254 g/mol. The van der Waals surface area contributed by atoms with Crippen LogP contribution in [0.4, 0.5) is 4.79 Å². The summed E-state index contributed by atoms with van der Waals surface area (Å²) in [5.41, 5.74) is 6.06. The summed E-state index contributed by atoms with van der Waals surface area (Å²) in [5.74, 6) is -0.343. The number of nitrogens with one attached hydrogen (secondary N) is 2. The first kappa shape index (κ1) is 14.3. The van der Waals surface area contributed by atoms with Gasteiger partial charge in [0, 0.05) is 11.8 Å². The van der Waals surface area contributed by atoms with Gasteiger partial charge in [-0.2, -0.15) is 0 Å². The number of amides is 2. The Morgan fingerprint density at radius 2 is 1.80 bits per heavy atom. The van der Waals surface area contributed by atoms with E-state index >= 15 is 0 Å². The number of rotatable bonds is 2. The largest absolute Gasteiger partial charge is 0.320 e. The minimum atomic E-state index is -1.49. The van der Waals surface area contributed by atoms with E-state index in [1.54, 1.807) is 12.1 Å². The summed E-state index contributed by atoms with van der Waals surface area (Å²) < 4.78 is 0. The fourth-order valence-corrected chi connectivity index (χ4v) is 2.01. The summed E-state index contributed by atoms with van der Waals surface area (Å²) in [4.78, 5) is 23.7. The van der Waals surface area contributed by atoms with Crippen LogP contribution in [0.25, 0.3) is 0 Å². The van der Waals surface area contributed by atoms with Gasteiger partial charge >= 0.3 is 6.03 Å². The van der Waals surface area contributed by atoms with Crippen LogP contribution in [0.15, 0.2) is 36.5 Å². The number of hydrogen-bond donors (Lipinski definition) is 3. The molecule has 1 aliphatic rings. The van der Waals surface area contributed by atoms with Crippen LogP contribution >= 0.6 is 0 Å². The summed E-state index contributed by atoms with van der Waals surface area (Å²) in [6, 6.07) is 6.79. The van der Waals surface area contributed by atoms with Gasteiger partial charge in [-0.25, -0.2) is 4.79 Å². The van der Waals surface area contributed by atoms with E-state index in [1.165, 1.54) is 12.3 Å². The minimum Gasteiger partial charge on any atom is -0.315 e. The predicted molar refractivity (Wildman–Crippen MR) is 77.2 cm³/mol. The van der Waals surface area contributed by atoms with Gasteiger partial charge in [0.1, 0.15) is 0 Å². The van der Waals surface area contributed by atoms with E-state index in [9.17, 15) is 9.59 Å². The van der Waals surface area contributed by atoms with E-state index < -0.39 is 11.7 Å². The van der Waals surface area contributed by atoms with Crippen molar-refractivity contribution in [3.05, 3.63) is 47.7 Å². The Balaban J connectivity index is 2.28. The van der Waals surface area contributed by atoms with Crippen LogP contribution in [-0.2, 0) is 5.41 Å². The van der Waals surface area contributed by atoms with Gasteiger partial charge < -0.3 is 10.6 Å². The topological polar surface area (TPSA) is 84.2 Å². The first-order valence-electron chi connectivity index (χ1n) is 6.43. The third kappa shape index (κ3) is 2.72. The van der Waals surface area contributed by atoms with Crippen LogP contribution in [0.1, 0.15) is 36.7 Å². The molecule has 1 aromatic carbocycles. The molecule has 0 saturated carbocycles. The fraction of sp³-hybridized carbons (Fsp3) is 0.333. The average Bonchev–Trinajstić information content (AvgIpc) is 2.37. The molecule has 1 aliphatic heterocycles. The third-order valence-corrected chi connectivity index (χ3v) is 3.27. The second-order valence-electron chi connectivity index (χ2n) is 5.96. The number of carbonyl (C=O) groups is 2. The highest BCUT2D eigenvalue weighted by molar-refractivity contribution is 6.06. The Morgan fingerprint density at radius 1 is 1.20 bits per heavy atom. The van der Waals surface area contributed by atoms with Crippen molar-refractivity contribution in [3.8, 4) is 0 Å². The van der Waals surface area contributed by atoms with E-state index in [4.69, 9.17) is 5.73 Å². The lowest BCUT2D eigenvalue weighted by Crippen LogP contribution is -2.64. The number of benzene rings is 1. The molecule has 0 saturated heterocycles. The van der Waals surface area contributed by atoms with Crippen molar-refractivity contribution < 1.29 is 9.59 Å². The molecule has 5 heteroatoms. The third-order valence-electron chi connectivity index (χ3n) is 3.27. The SMILES string of the molecule is CC(C)(C)c1ccc(C(=O)C2(N)C=CNC(=O)N2)cc1. The maximum absolute atomic E-state index is 12.4. The van der Waals surface area contributed by atoms with Crippen LogP contribution in [-0.4, -0.2) is 17.5 Å². The highest BCUT2D eigenvalue weighted by Gasteiger charge is 2.35. The van der Waals surface area contributed by atoms with Gasteiger partial charge in [0.05, 0.1) is 0 Å². The molecular formula is C15H19N3O2. The number of urea groups is 1. The molecule has 2 amide bonds. The van der Waals surface area contributed by atoms with E-state index in [-0.39, 0.29) is 11.2 Å². The highest BCUT2D eigenvalue weighted by atomic mass is 16.2. The number of hydrogen-bond acceptors (Lipinski definition) is 3. The molecule has 4 N–H and O–H groups in total. The van der Waals surface area contributed by atoms with Crippen molar-refractivity contribution in [2.45, 2.75) is 31.8 Å². The van der Waals surface area contributed by atoms with Crippen LogP contribution in [0.5, 0.6) is 0 Å². The molecule has 106 valence electrons. The number of Topliss-reactive ketones (excluding diaryl/α,β-unsaturated/α-hetero) is 1. The summed E-state index contributed by atoms with van der Waals surface area (Å²) in [6.07, 6.45) is 2.81. The minimum absolute atomic E-state index is 0.0187. The quantitative estimate of drug-likeness (QED) is 0.716. The van der Waals surface area contributed by atoms with Crippen molar-refractivity contribution in [2.24, 2.45) is 5.73 Å². The summed E-state index contributed by atoms with van der Waals surface area (Å²) in [5, 5.41) is 4.84. The van der Waals surface area contributed by atoms with Gasteiger partial charge in [0.2, 0.25) is 5.78 Å². The lowest BCUT2D eigenvalue weighted by atomic mass is 9.86. The number of carbonyl (C=O) groups excluding carboxylic acids is 2. The number of nitrogens with two attached hydrogens (primary N) is 1. The molecule has 2 rings (SSSR count). The van der Waals surface area contributed by atoms with Crippen LogP contribution < -0.4 is 16.4 Å². The van der Waals surface area contributed by atoms with Crippen molar-refractivity contribution in [3.63, 3.8) is 0 Å². The van der Waals surface area contributed by atoms with Crippen molar-refractivity contribution in [1.82, 2.24) is 10.6 Å². The zero-order valence-corrected chi connectivity index (χ0v) is 11.9. The average molecular weight is 273 g/mol. The second kappa shape index (κ2) is 4.76. The van der Waals surface area contributed by atoms with Gasteiger partial charge in [-0.3, -0.25) is 10.5 Å². The second-order valence-corrected chi connectivity index (χ2v) is 5.96. The van der Waals surface area contributed by atoms with Gasteiger partial charge in [-0.1, -0.05) is 45.0 Å². The molecule has 1 aromatic rings. The summed E-state index contributed by atoms with van der Waals surface area (Å²) in [6.45, 7) is 6.30. The summed E-state index contributed by atoms with van der Waals surface area (Å²) >= 11 is 0. The molecule has 0 fully saturated rings. The van der Waals surface area contributed by atoms with Crippen molar-refractivity contribution in [1.29, 1.82) is 0 Å². The first-order chi connectivity index (χ1) is 9.22. The number of ketones is 1. The maximum Gasteiger partial charge on any atom is 0.320 e. The molecule has 20 heavy (non-hydrogen) atoms. The van der Waals surface area contributed by atoms with Crippen molar-refractivity contribution >= 4 is 11.8 Å². The Morgan fingerprint density at radius 3 is 2.30 bits per heavy atom. The normalized spacial score (nSPS) is 22.1. The lowest BCUT2D eigenvalue weighted by Gasteiger charge is -2.28. The molecule has 1 atom stereocenters. The van der Waals surface area contributed by atoms with E-state index in [0.717, 1.165) is 5.56 Å². The fourth-order valence-electron chi connectivity index (χ4n) is 2.01. The first-order valence-corrected chi connectivity index (χ1v) is 6.43. The maximum atomic E-state index is 12.4. The van der Waals surface area contributed by atoms with Crippen molar-refractivity contribution in [2.75, 3.05) is 0 Å². The summed E-state index contributed by atoms with van der Waals surface area (Å²) in [7, 11) is 0. The van der Waals surface area contributed by atoms with Gasteiger partial charge in [0.25, 0.3) is 0 Å². The van der Waals surface area contributed by atoms with Crippen LogP contribution in [0.2, 0.25) is 0 Å². The van der Waals surface area contributed by atoms with Gasteiger partial charge in [-0.05, 0) is 17.1 Å². The lowest BCUT2D eigenvalue weighted by molar-refractivity contribution is 0.0898. The molecule has 1 unspecified atom stereocenters. The highest BCUT2D eigenvalue weighted by Crippen LogP contribution is 2.23. The monoisotopic (exact) mass is 273 g/mol.